The van der Waals surface area contributed by atoms with E-state index in [9.17, 15) is 14.0 Å². The average molecular weight is 468 g/mol. The lowest BCUT2D eigenvalue weighted by Crippen LogP contribution is -2.33. The second-order valence-corrected chi connectivity index (χ2v) is 8.86. The zero-order chi connectivity index (χ0) is 22.8. The molecule has 0 N–H and O–H groups in total. The van der Waals surface area contributed by atoms with Gasteiger partial charge in [-0.2, -0.15) is 0 Å². The number of thioether (sulfide) groups is 1. The summed E-state index contributed by atoms with van der Waals surface area (Å²) in [6, 6.07) is 20.3. The number of halogens is 2. The molecule has 5 nitrogen and oxygen atoms in total. The molecular formula is C24H19ClFN3O2S. The van der Waals surface area contributed by atoms with E-state index in [-0.39, 0.29) is 16.5 Å². The van der Waals surface area contributed by atoms with E-state index in [4.69, 9.17) is 11.6 Å². The van der Waals surface area contributed by atoms with Gasteiger partial charge in [-0.15, -0.1) is 0 Å². The monoisotopic (exact) mass is 467 g/mol. The number of anilines is 1. The van der Waals surface area contributed by atoms with Crippen LogP contribution in [0.2, 0.25) is 5.02 Å². The smallest absolute Gasteiger partial charge is 0.266 e. The molecule has 1 heterocycles. The Morgan fingerprint density at radius 3 is 2.50 bits per heavy atom. The van der Waals surface area contributed by atoms with Crippen LogP contribution in [0.25, 0.3) is 16.6 Å². The highest BCUT2D eigenvalue weighted by atomic mass is 35.5. The molecule has 1 amide bonds. The van der Waals surface area contributed by atoms with Crippen LogP contribution in [0.5, 0.6) is 0 Å². The van der Waals surface area contributed by atoms with Gasteiger partial charge in [0.05, 0.1) is 26.9 Å². The Morgan fingerprint density at radius 2 is 1.78 bits per heavy atom. The quantitative estimate of drug-likeness (QED) is 0.294. The number of rotatable bonds is 5. The van der Waals surface area contributed by atoms with Crippen molar-refractivity contribution in [3.8, 4) is 5.69 Å². The Hall–Kier alpha value is -3.16. The Balaban J connectivity index is 1.78. The van der Waals surface area contributed by atoms with Crippen molar-refractivity contribution < 1.29 is 9.18 Å². The van der Waals surface area contributed by atoms with Crippen LogP contribution in [-0.2, 0) is 4.79 Å². The van der Waals surface area contributed by atoms with E-state index in [1.165, 1.54) is 22.8 Å². The van der Waals surface area contributed by atoms with Gasteiger partial charge in [-0.3, -0.25) is 14.2 Å². The molecule has 32 heavy (non-hydrogen) atoms. The van der Waals surface area contributed by atoms with Crippen LogP contribution < -0.4 is 10.5 Å². The molecule has 0 bridgehead atoms. The van der Waals surface area contributed by atoms with Gasteiger partial charge < -0.3 is 4.90 Å². The first-order valence-electron chi connectivity index (χ1n) is 9.83. The van der Waals surface area contributed by atoms with Crippen LogP contribution in [0, 0.1) is 5.82 Å². The molecule has 0 spiro atoms. The number of carbonyl (C=O) groups is 1. The molecule has 0 fully saturated rings. The molecule has 4 rings (SSSR count). The number of hydrogen-bond acceptors (Lipinski definition) is 4. The van der Waals surface area contributed by atoms with Gasteiger partial charge in [0.25, 0.3) is 5.56 Å². The molecule has 1 unspecified atom stereocenters. The first-order chi connectivity index (χ1) is 15.4. The summed E-state index contributed by atoms with van der Waals surface area (Å²) in [4.78, 5) is 32.6. The normalized spacial score (nSPS) is 12.0. The zero-order valence-corrected chi connectivity index (χ0v) is 18.9. The fourth-order valence-electron chi connectivity index (χ4n) is 3.30. The van der Waals surface area contributed by atoms with Crippen molar-refractivity contribution in [2.45, 2.75) is 17.3 Å². The van der Waals surface area contributed by atoms with E-state index < -0.39 is 11.1 Å². The molecule has 3 aromatic carbocycles. The van der Waals surface area contributed by atoms with Crippen LogP contribution >= 0.6 is 23.4 Å². The molecular weight excluding hydrogens is 449 g/mol. The third kappa shape index (κ3) is 4.26. The van der Waals surface area contributed by atoms with Crippen LogP contribution in [0.1, 0.15) is 6.92 Å². The molecule has 1 atom stereocenters. The maximum absolute atomic E-state index is 13.7. The Morgan fingerprint density at radius 1 is 1.09 bits per heavy atom. The van der Waals surface area contributed by atoms with Crippen molar-refractivity contribution in [3.05, 3.63) is 94.0 Å². The second-order valence-electron chi connectivity index (χ2n) is 7.14. The number of benzene rings is 3. The van der Waals surface area contributed by atoms with E-state index in [0.29, 0.717) is 21.7 Å². The summed E-state index contributed by atoms with van der Waals surface area (Å²) in [6.07, 6.45) is 0. The largest absolute Gasteiger partial charge is 0.315 e. The summed E-state index contributed by atoms with van der Waals surface area (Å²) in [7, 11) is 1.70. The first kappa shape index (κ1) is 22.0. The fourth-order valence-corrected chi connectivity index (χ4v) is 4.50. The summed E-state index contributed by atoms with van der Waals surface area (Å²) in [5.74, 6) is -0.730. The summed E-state index contributed by atoms with van der Waals surface area (Å²) in [6.45, 7) is 1.76. The topological polar surface area (TPSA) is 55.2 Å². The molecule has 0 aliphatic heterocycles. The minimum absolute atomic E-state index is 0.105. The number of amides is 1. The lowest BCUT2D eigenvalue weighted by molar-refractivity contribution is -0.117. The average Bonchev–Trinajstić information content (AvgIpc) is 2.81. The van der Waals surface area contributed by atoms with Crippen molar-refractivity contribution in [2.75, 3.05) is 11.9 Å². The molecule has 162 valence electrons. The van der Waals surface area contributed by atoms with Crippen molar-refractivity contribution in [3.63, 3.8) is 0 Å². The van der Waals surface area contributed by atoms with E-state index in [1.807, 2.05) is 30.3 Å². The van der Waals surface area contributed by atoms with Gasteiger partial charge in [0.2, 0.25) is 5.91 Å². The Labute approximate surface area is 193 Å². The number of para-hydroxylation sites is 2. The van der Waals surface area contributed by atoms with Gasteiger partial charge in [0, 0.05) is 12.7 Å². The standard InChI is InChI=1S/C24H19ClFN3O2S/c1-15(22(30)28(2)16-8-4-3-5-9-16)32-24-27-21-11-7-6-10-18(21)23(31)29(24)17-12-13-20(26)19(25)14-17/h3-15H,1-2H3. The van der Waals surface area contributed by atoms with Crippen molar-refractivity contribution >= 4 is 45.9 Å². The molecule has 4 aromatic rings. The van der Waals surface area contributed by atoms with E-state index in [2.05, 4.69) is 4.98 Å². The van der Waals surface area contributed by atoms with Crippen molar-refractivity contribution in [1.29, 1.82) is 0 Å². The van der Waals surface area contributed by atoms with Gasteiger partial charge in [-0.25, -0.2) is 9.37 Å². The second kappa shape index (κ2) is 9.14. The third-order valence-electron chi connectivity index (χ3n) is 5.01. The molecule has 1 aromatic heterocycles. The Kier molecular flexibility index (Phi) is 6.30. The molecule has 0 saturated carbocycles. The fraction of sp³-hybridized carbons (Fsp3) is 0.125. The summed E-state index contributed by atoms with van der Waals surface area (Å²) < 4.78 is 15.1. The predicted molar refractivity (Wildman–Crippen MR) is 127 cm³/mol. The van der Waals surface area contributed by atoms with Crippen LogP contribution in [0.4, 0.5) is 10.1 Å². The number of hydrogen-bond donors (Lipinski definition) is 0. The summed E-state index contributed by atoms with van der Waals surface area (Å²) in [5, 5.41) is 0.0817. The van der Waals surface area contributed by atoms with Crippen LogP contribution in [-0.4, -0.2) is 27.8 Å². The van der Waals surface area contributed by atoms with Crippen LogP contribution in [0.3, 0.4) is 0 Å². The van der Waals surface area contributed by atoms with Gasteiger partial charge in [-0.1, -0.05) is 53.7 Å². The lowest BCUT2D eigenvalue weighted by Gasteiger charge is -2.22. The zero-order valence-electron chi connectivity index (χ0n) is 17.3. The van der Waals surface area contributed by atoms with Gasteiger partial charge in [0.15, 0.2) is 5.16 Å². The molecule has 0 aliphatic carbocycles. The van der Waals surface area contributed by atoms with Crippen molar-refractivity contribution in [1.82, 2.24) is 9.55 Å². The molecule has 0 aliphatic rings. The highest BCUT2D eigenvalue weighted by Gasteiger charge is 2.23. The lowest BCUT2D eigenvalue weighted by atomic mass is 10.2. The maximum Gasteiger partial charge on any atom is 0.266 e. The van der Waals surface area contributed by atoms with Gasteiger partial charge in [-0.05, 0) is 49.4 Å². The predicted octanol–water partition coefficient (Wildman–Crippen LogP) is 5.32. The number of nitrogens with zero attached hydrogens (tertiary/aromatic N) is 3. The highest BCUT2D eigenvalue weighted by Crippen LogP contribution is 2.28. The molecule has 8 heteroatoms. The summed E-state index contributed by atoms with van der Waals surface area (Å²) >= 11 is 7.13. The van der Waals surface area contributed by atoms with Crippen LogP contribution in [0.15, 0.2) is 82.7 Å². The number of aromatic nitrogens is 2. The number of carbonyl (C=O) groups excluding carboxylic acids is 1. The molecule has 0 radical (unpaired) electrons. The SMILES string of the molecule is CC(Sc1nc2ccccc2c(=O)n1-c1ccc(F)c(Cl)c1)C(=O)N(C)c1ccccc1. The van der Waals surface area contributed by atoms with Crippen molar-refractivity contribution in [2.24, 2.45) is 0 Å². The maximum atomic E-state index is 13.7. The van der Waals surface area contributed by atoms with Gasteiger partial charge in [0.1, 0.15) is 5.82 Å². The van der Waals surface area contributed by atoms with E-state index in [1.54, 1.807) is 43.1 Å². The number of fused-ring (bicyclic) bond motifs is 1. The minimum atomic E-state index is -0.584. The van der Waals surface area contributed by atoms with E-state index >= 15 is 0 Å². The minimum Gasteiger partial charge on any atom is -0.315 e. The molecule has 0 saturated heterocycles. The van der Waals surface area contributed by atoms with Gasteiger partial charge >= 0.3 is 0 Å². The highest BCUT2D eigenvalue weighted by molar-refractivity contribution is 8.00. The van der Waals surface area contributed by atoms with E-state index in [0.717, 1.165) is 17.4 Å². The Bertz CT molecular complexity index is 1360. The summed E-state index contributed by atoms with van der Waals surface area (Å²) in [5.41, 5.74) is 1.33. The third-order valence-corrected chi connectivity index (χ3v) is 6.34. The first-order valence-corrected chi connectivity index (χ1v) is 11.1.